The van der Waals surface area contributed by atoms with Crippen LogP contribution in [0, 0.1) is 0 Å². The molecule has 0 radical (unpaired) electrons. The Labute approximate surface area is 119 Å². The molecule has 1 aliphatic rings. The second-order valence-corrected chi connectivity index (χ2v) is 5.68. The highest BCUT2D eigenvalue weighted by molar-refractivity contribution is 7.98. The molecule has 0 aliphatic carbocycles. The van der Waals surface area contributed by atoms with Crippen molar-refractivity contribution in [3.05, 3.63) is 6.07 Å². The average Bonchev–Trinajstić information content (AvgIpc) is 2.42. The van der Waals surface area contributed by atoms with E-state index in [0.29, 0.717) is 6.04 Å². The Hall–Kier alpha value is -1.01. The summed E-state index contributed by atoms with van der Waals surface area (Å²) >= 11 is 1.59. The van der Waals surface area contributed by atoms with Crippen LogP contribution in [0.3, 0.4) is 0 Å². The van der Waals surface area contributed by atoms with Gasteiger partial charge in [-0.05, 0) is 27.2 Å². The second kappa shape index (κ2) is 6.43. The van der Waals surface area contributed by atoms with Crippen LogP contribution in [0.2, 0.25) is 0 Å². The molecule has 1 fully saturated rings. The van der Waals surface area contributed by atoms with E-state index in [9.17, 15) is 0 Å². The molecule has 1 N–H and O–H groups in total. The van der Waals surface area contributed by atoms with Gasteiger partial charge < -0.3 is 15.1 Å². The number of hydrogen-bond donors (Lipinski definition) is 1. The summed E-state index contributed by atoms with van der Waals surface area (Å²) in [5.74, 6) is 1.96. The van der Waals surface area contributed by atoms with Crippen molar-refractivity contribution < 1.29 is 0 Å². The number of nitrogens with zero attached hydrogens (tertiary/aromatic N) is 4. The normalized spacial score (nSPS) is 20.6. The molecular formula is C13H23N5S. The molecule has 6 heteroatoms. The van der Waals surface area contributed by atoms with E-state index in [4.69, 9.17) is 0 Å². The van der Waals surface area contributed by atoms with Gasteiger partial charge in [-0.15, -0.1) is 0 Å². The molecule has 0 bridgehead atoms. The molecule has 1 aromatic rings. The fourth-order valence-corrected chi connectivity index (χ4v) is 2.57. The molecule has 0 spiro atoms. The predicted molar refractivity (Wildman–Crippen MR) is 82.3 cm³/mol. The Kier molecular flexibility index (Phi) is 4.87. The van der Waals surface area contributed by atoms with Crippen LogP contribution in [0.15, 0.2) is 11.2 Å². The first-order valence-corrected chi connectivity index (χ1v) is 7.98. The quantitative estimate of drug-likeness (QED) is 0.670. The summed E-state index contributed by atoms with van der Waals surface area (Å²) in [4.78, 5) is 13.9. The minimum atomic E-state index is 0.559. The highest BCUT2D eigenvalue weighted by atomic mass is 32.2. The first-order chi connectivity index (χ1) is 9.13. The highest BCUT2D eigenvalue weighted by Crippen LogP contribution is 2.22. The third kappa shape index (κ3) is 3.51. The lowest BCUT2D eigenvalue weighted by Crippen LogP contribution is -2.50. The van der Waals surface area contributed by atoms with Gasteiger partial charge in [0, 0.05) is 38.3 Å². The molecule has 1 saturated heterocycles. The third-order valence-electron chi connectivity index (χ3n) is 3.52. The SMILES string of the molecule is CCNc1cc(N2CCN(C)C(C)C2)nc(SC)n1. The van der Waals surface area contributed by atoms with Crippen LogP contribution in [0.25, 0.3) is 0 Å². The Morgan fingerprint density at radius 2 is 2.21 bits per heavy atom. The summed E-state index contributed by atoms with van der Waals surface area (Å²) in [6.07, 6.45) is 2.02. The zero-order valence-electron chi connectivity index (χ0n) is 12.2. The monoisotopic (exact) mass is 281 g/mol. The van der Waals surface area contributed by atoms with Gasteiger partial charge in [-0.1, -0.05) is 11.8 Å². The van der Waals surface area contributed by atoms with Crippen molar-refractivity contribution >= 4 is 23.4 Å². The largest absolute Gasteiger partial charge is 0.370 e. The minimum Gasteiger partial charge on any atom is -0.370 e. The van der Waals surface area contributed by atoms with E-state index >= 15 is 0 Å². The molecule has 1 unspecified atom stereocenters. The fourth-order valence-electron chi connectivity index (χ4n) is 2.19. The van der Waals surface area contributed by atoms with Crippen LogP contribution < -0.4 is 10.2 Å². The van der Waals surface area contributed by atoms with Crippen molar-refractivity contribution in [3.63, 3.8) is 0 Å². The summed E-state index contributed by atoms with van der Waals surface area (Å²) in [6, 6.07) is 2.62. The van der Waals surface area contributed by atoms with Crippen molar-refractivity contribution in [2.45, 2.75) is 25.0 Å². The average molecular weight is 281 g/mol. The molecule has 1 aromatic heterocycles. The van der Waals surface area contributed by atoms with Gasteiger partial charge in [-0.2, -0.15) is 0 Å². The maximum atomic E-state index is 4.64. The zero-order chi connectivity index (χ0) is 13.8. The molecule has 106 valence electrons. The van der Waals surface area contributed by atoms with Crippen LogP contribution in [-0.4, -0.2) is 60.4 Å². The summed E-state index contributed by atoms with van der Waals surface area (Å²) < 4.78 is 0. The number of hydrogen-bond acceptors (Lipinski definition) is 6. The number of rotatable bonds is 4. The number of nitrogens with one attached hydrogen (secondary N) is 1. The van der Waals surface area contributed by atoms with Gasteiger partial charge in [-0.25, -0.2) is 9.97 Å². The first-order valence-electron chi connectivity index (χ1n) is 6.76. The zero-order valence-corrected chi connectivity index (χ0v) is 13.0. The molecule has 1 atom stereocenters. The van der Waals surface area contributed by atoms with Gasteiger partial charge >= 0.3 is 0 Å². The molecule has 1 aliphatic heterocycles. The molecule has 0 saturated carbocycles. The van der Waals surface area contributed by atoms with Crippen LogP contribution in [-0.2, 0) is 0 Å². The Morgan fingerprint density at radius 3 is 2.84 bits per heavy atom. The number of aromatic nitrogens is 2. The topological polar surface area (TPSA) is 44.3 Å². The number of anilines is 2. The summed E-state index contributed by atoms with van der Waals surface area (Å²) in [5.41, 5.74) is 0. The Bertz CT molecular complexity index is 425. The molecule has 2 heterocycles. The van der Waals surface area contributed by atoms with Crippen molar-refractivity contribution in [1.82, 2.24) is 14.9 Å². The van der Waals surface area contributed by atoms with Gasteiger partial charge in [0.25, 0.3) is 0 Å². The number of piperazine rings is 1. The van der Waals surface area contributed by atoms with E-state index in [2.05, 4.69) is 52.0 Å². The standard InChI is InChI=1S/C13H23N5S/c1-5-14-11-8-12(16-13(15-11)19-4)18-7-6-17(3)10(2)9-18/h8,10H,5-7,9H2,1-4H3,(H,14,15,16). The third-order valence-corrected chi connectivity index (χ3v) is 4.06. The van der Waals surface area contributed by atoms with Crippen LogP contribution in [0.1, 0.15) is 13.8 Å². The molecular weight excluding hydrogens is 258 g/mol. The lowest BCUT2D eigenvalue weighted by atomic mass is 10.2. The lowest BCUT2D eigenvalue weighted by Gasteiger charge is -2.38. The summed E-state index contributed by atoms with van der Waals surface area (Å²) in [5, 5.41) is 4.11. The van der Waals surface area contributed by atoms with Gasteiger partial charge in [-0.3, -0.25) is 0 Å². The lowest BCUT2D eigenvalue weighted by molar-refractivity contribution is 0.233. The van der Waals surface area contributed by atoms with Crippen molar-refractivity contribution in [2.24, 2.45) is 0 Å². The van der Waals surface area contributed by atoms with E-state index in [0.717, 1.165) is 43.0 Å². The maximum absolute atomic E-state index is 4.64. The van der Waals surface area contributed by atoms with Gasteiger partial charge in [0.05, 0.1) is 0 Å². The van der Waals surface area contributed by atoms with Gasteiger partial charge in [0.1, 0.15) is 11.6 Å². The predicted octanol–water partition coefficient (Wildman–Crippen LogP) is 1.77. The number of thioether (sulfide) groups is 1. The van der Waals surface area contributed by atoms with E-state index in [-0.39, 0.29) is 0 Å². The number of likely N-dealkylation sites (N-methyl/N-ethyl adjacent to an activating group) is 1. The van der Waals surface area contributed by atoms with Crippen LogP contribution >= 0.6 is 11.8 Å². The van der Waals surface area contributed by atoms with Gasteiger partial charge in [0.2, 0.25) is 0 Å². The smallest absolute Gasteiger partial charge is 0.191 e. The van der Waals surface area contributed by atoms with E-state index < -0.39 is 0 Å². The molecule has 0 aromatic carbocycles. The van der Waals surface area contributed by atoms with Gasteiger partial charge in [0.15, 0.2) is 5.16 Å². The van der Waals surface area contributed by atoms with E-state index in [1.165, 1.54) is 0 Å². The Morgan fingerprint density at radius 1 is 1.42 bits per heavy atom. The van der Waals surface area contributed by atoms with Crippen LogP contribution in [0.4, 0.5) is 11.6 Å². The highest BCUT2D eigenvalue weighted by Gasteiger charge is 2.22. The van der Waals surface area contributed by atoms with E-state index in [1.54, 1.807) is 11.8 Å². The van der Waals surface area contributed by atoms with E-state index in [1.807, 2.05) is 6.26 Å². The van der Waals surface area contributed by atoms with Crippen molar-refractivity contribution in [3.8, 4) is 0 Å². The summed E-state index contributed by atoms with van der Waals surface area (Å²) in [7, 11) is 2.18. The minimum absolute atomic E-state index is 0.559. The van der Waals surface area contributed by atoms with Crippen molar-refractivity contribution in [2.75, 3.05) is 49.7 Å². The summed E-state index contributed by atoms with van der Waals surface area (Å²) in [6.45, 7) is 8.34. The Balaban J connectivity index is 2.20. The maximum Gasteiger partial charge on any atom is 0.191 e. The first kappa shape index (κ1) is 14.4. The van der Waals surface area contributed by atoms with Crippen LogP contribution in [0.5, 0.6) is 0 Å². The molecule has 5 nitrogen and oxygen atoms in total. The molecule has 19 heavy (non-hydrogen) atoms. The molecule has 2 rings (SSSR count). The second-order valence-electron chi connectivity index (χ2n) is 4.90. The fraction of sp³-hybridized carbons (Fsp3) is 0.692. The van der Waals surface area contributed by atoms with Crippen molar-refractivity contribution in [1.29, 1.82) is 0 Å². The molecule has 0 amide bonds.